The highest BCUT2D eigenvalue weighted by molar-refractivity contribution is 6.62. The number of ether oxygens (including phenoxy) is 2. The van der Waals surface area contributed by atoms with Crippen molar-refractivity contribution >= 4 is 12.6 Å². The minimum absolute atomic E-state index is 0.343. The van der Waals surface area contributed by atoms with Gasteiger partial charge in [0, 0.05) is 19.3 Å². The summed E-state index contributed by atoms with van der Waals surface area (Å²) in [5.41, 5.74) is -0.254. The molecule has 2 saturated heterocycles. The fourth-order valence-electron chi connectivity index (χ4n) is 2.91. The van der Waals surface area contributed by atoms with Crippen LogP contribution in [-0.4, -0.2) is 38.1 Å². The van der Waals surface area contributed by atoms with E-state index in [1.165, 1.54) is 12.1 Å². The van der Waals surface area contributed by atoms with E-state index in [1.807, 2.05) is 33.8 Å². The second-order valence-electron chi connectivity index (χ2n) is 7.68. The summed E-state index contributed by atoms with van der Waals surface area (Å²) in [7, 11) is -0.587. The van der Waals surface area contributed by atoms with Gasteiger partial charge < -0.3 is 18.8 Å². The highest BCUT2D eigenvalue weighted by Gasteiger charge is 2.51. The first-order valence-electron chi connectivity index (χ1n) is 8.63. The molecule has 0 saturated carbocycles. The SMILES string of the molecule is CC1(C)OB(c2cc(F)cc(OCC3CCOCC3)c2)OC1(C)C. The first kappa shape index (κ1) is 17.7. The van der Waals surface area contributed by atoms with Crippen molar-refractivity contribution in [3.05, 3.63) is 24.0 Å². The summed E-state index contributed by atoms with van der Waals surface area (Å²) in [4.78, 5) is 0. The van der Waals surface area contributed by atoms with Gasteiger partial charge in [-0.1, -0.05) is 0 Å². The van der Waals surface area contributed by atoms with E-state index >= 15 is 0 Å². The zero-order valence-corrected chi connectivity index (χ0v) is 14.9. The Morgan fingerprint density at radius 3 is 2.33 bits per heavy atom. The van der Waals surface area contributed by atoms with Crippen molar-refractivity contribution < 1.29 is 23.2 Å². The summed E-state index contributed by atoms with van der Waals surface area (Å²) in [5.74, 6) is 0.637. The van der Waals surface area contributed by atoms with Gasteiger partial charge in [0.1, 0.15) is 11.6 Å². The molecule has 2 fully saturated rings. The predicted molar refractivity (Wildman–Crippen MR) is 91.2 cm³/mol. The number of benzene rings is 1. The number of rotatable bonds is 4. The minimum atomic E-state index is -0.587. The Labute approximate surface area is 143 Å². The van der Waals surface area contributed by atoms with Crippen molar-refractivity contribution in [3.8, 4) is 5.75 Å². The highest BCUT2D eigenvalue weighted by atomic mass is 19.1. The van der Waals surface area contributed by atoms with Crippen molar-refractivity contribution in [2.45, 2.75) is 51.7 Å². The lowest BCUT2D eigenvalue weighted by atomic mass is 9.79. The summed E-state index contributed by atoms with van der Waals surface area (Å²) in [6, 6.07) is 4.67. The Morgan fingerprint density at radius 2 is 1.71 bits per heavy atom. The summed E-state index contributed by atoms with van der Waals surface area (Å²) in [6.45, 7) is 10.1. The van der Waals surface area contributed by atoms with Gasteiger partial charge in [-0.05, 0) is 64.1 Å². The molecule has 2 aliphatic rings. The molecule has 24 heavy (non-hydrogen) atoms. The number of halogens is 1. The molecule has 2 heterocycles. The average molecular weight is 336 g/mol. The Hall–Kier alpha value is -1.11. The zero-order chi connectivity index (χ0) is 17.4. The average Bonchev–Trinajstić information content (AvgIpc) is 2.74. The summed E-state index contributed by atoms with van der Waals surface area (Å²) >= 11 is 0. The lowest BCUT2D eigenvalue weighted by molar-refractivity contribution is 0.00578. The van der Waals surface area contributed by atoms with Crippen LogP contribution in [0.5, 0.6) is 5.75 Å². The third-order valence-corrected chi connectivity index (χ3v) is 5.25. The van der Waals surface area contributed by atoms with Crippen LogP contribution in [0.2, 0.25) is 0 Å². The smallest absolute Gasteiger partial charge is 0.493 e. The van der Waals surface area contributed by atoms with E-state index < -0.39 is 18.3 Å². The standard InChI is InChI=1S/C18H26BFO4/c1-17(2)18(3,4)24-19(23-17)14-9-15(20)11-16(10-14)22-12-13-5-7-21-8-6-13/h9-11,13H,5-8,12H2,1-4H3. The Kier molecular flexibility index (Phi) is 4.91. The lowest BCUT2D eigenvalue weighted by Gasteiger charge is -2.32. The third-order valence-electron chi connectivity index (χ3n) is 5.25. The molecule has 6 heteroatoms. The minimum Gasteiger partial charge on any atom is -0.493 e. The van der Waals surface area contributed by atoms with Gasteiger partial charge in [-0.3, -0.25) is 0 Å². The van der Waals surface area contributed by atoms with Crippen LogP contribution in [0, 0.1) is 11.7 Å². The second-order valence-corrected chi connectivity index (χ2v) is 7.68. The van der Waals surface area contributed by atoms with Crippen molar-refractivity contribution in [2.24, 2.45) is 5.92 Å². The van der Waals surface area contributed by atoms with E-state index in [0.29, 0.717) is 23.7 Å². The maximum Gasteiger partial charge on any atom is 0.495 e. The molecule has 1 aromatic carbocycles. The molecular weight excluding hydrogens is 310 g/mol. The molecule has 3 rings (SSSR count). The first-order chi connectivity index (χ1) is 11.3. The van der Waals surface area contributed by atoms with Gasteiger partial charge in [-0.2, -0.15) is 0 Å². The van der Waals surface area contributed by atoms with E-state index in [-0.39, 0.29) is 5.82 Å². The van der Waals surface area contributed by atoms with Crippen molar-refractivity contribution in [1.82, 2.24) is 0 Å². The third kappa shape index (κ3) is 3.76. The molecule has 0 aromatic heterocycles. The quantitative estimate of drug-likeness (QED) is 0.793. The van der Waals surface area contributed by atoms with Crippen LogP contribution in [0.1, 0.15) is 40.5 Å². The Balaban J connectivity index is 1.70. The summed E-state index contributed by atoms with van der Waals surface area (Å²) in [5, 5.41) is 0. The molecule has 0 atom stereocenters. The normalized spacial score (nSPS) is 23.5. The second kappa shape index (κ2) is 6.66. The van der Waals surface area contributed by atoms with E-state index in [4.69, 9.17) is 18.8 Å². The van der Waals surface area contributed by atoms with Gasteiger partial charge >= 0.3 is 7.12 Å². The highest BCUT2D eigenvalue weighted by Crippen LogP contribution is 2.36. The van der Waals surface area contributed by atoms with Gasteiger partial charge in [0.05, 0.1) is 17.8 Å². The summed E-state index contributed by atoms with van der Waals surface area (Å²) in [6.07, 6.45) is 1.97. The molecule has 0 radical (unpaired) electrons. The van der Waals surface area contributed by atoms with Crippen LogP contribution >= 0.6 is 0 Å². The number of hydrogen-bond acceptors (Lipinski definition) is 4. The number of hydrogen-bond donors (Lipinski definition) is 0. The van der Waals surface area contributed by atoms with E-state index in [0.717, 1.165) is 26.1 Å². The maximum absolute atomic E-state index is 14.0. The molecule has 2 aliphatic heterocycles. The van der Waals surface area contributed by atoms with Crippen LogP contribution < -0.4 is 10.2 Å². The van der Waals surface area contributed by atoms with Gasteiger partial charge in [0.15, 0.2) is 0 Å². The van der Waals surface area contributed by atoms with Gasteiger partial charge in [0.2, 0.25) is 0 Å². The molecule has 0 bridgehead atoms. The van der Waals surface area contributed by atoms with Crippen LogP contribution in [0.3, 0.4) is 0 Å². The topological polar surface area (TPSA) is 36.9 Å². The van der Waals surface area contributed by atoms with E-state index in [2.05, 4.69) is 0 Å². The fraction of sp³-hybridized carbons (Fsp3) is 0.667. The molecule has 4 nitrogen and oxygen atoms in total. The van der Waals surface area contributed by atoms with Crippen LogP contribution in [0.4, 0.5) is 4.39 Å². The largest absolute Gasteiger partial charge is 0.495 e. The Morgan fingerprint density at radius 1 is 1.08 bits per heavy atom. The molecule has 132 valence electrons. The van der Waals surface area contributed by atoms with Crippen LogP contribution in [-0.2, 0) is 14.0 Å². The predicted octanol–water partition coefficient (Wildman–Crippen LogP) is 2.93. The molecule has 0 unspecified atom stereocenters. The molecule has 0 aliphatic carbocycles. The van der Waals surface area contributed by atoms with Gasteiger partial charge in [-0.15, -0.1) is 0 Å². The molecule has 0 N–H and O–H groups in total. The molecule has 1 aromatic rings. The van der Waals surface area contributed by atoms with Crippen molar-refractivity contribution in [2.75, 3.05) is 19.8 Å². The fourth-order valence-corrected chi connectivity index (χ4v) is 2.91. The van der Waals surface area contributed by atoms with Crippen LogP contribution in [0.25, 0.3) is 0 Å². The van der Waals surface area contributed by atoms with Crippen LogP contribution in [0.15, 0.2) is 18.2 Å². The zero-order valence-electron chi connectivity index (χ0n) is 14.9. The van der Waals surface area contributed by atoms with Crippen molar-refractivity contribution in [3.63, 3.8) is 0 Å². The lowest BCUT2D eigenvalue weighted by Crippen LogP contribution is -2.41. The Bertz CT molecular complexity index is 568. The van der Waals surface area contributed by atoms with Crippen molar-refractivity contribution in [1.29, 1.82) is 0 Å². The molecular formula is C18H26BFO4. The van der Waals surface area contributed by atoms with Gasteiger partial charge in [-0.25, -0.2) is 4.39 Å². The van der Waals surface area contributed by atoms with Gasteiger partial charge in [0.25, 0.3) is 0 Å². The molecule has 0 amide bonds. The maximum atomic E-state index is 14.0. The summed E-state index contributed by atoms with van der Waals surface area (Å²) < 4.78 is 37.2. The van der Waals surface area contributed by atoms with E-state index in [1.54, 1.807) is 0 Å². The first-order valence-corrected chi connectivity index (χ1v) is 8.63. The van der Waals surface area contributed by atoms with E-state index in [9.17, 15) is 4.39 Å². The monoisotopic (exact) mass is 336 g/mol. The molecule has 0 spiro atoms.